The maximum absolute atomic E-state index is 11.8. The maximum atomic E-state index is 11.8. The van der Waals surface area contributed by atoms with Gasteiger partial charge in [-0.3, -0.25) is 10.1 Å². The molecule has 7 heteroatoms. The van der Waals surface area contributed by atoms with E-state index in [4.69, 9.17) is 9.52 Å². The lowest BCUT2D eigenvalue weighted by Gasteiger charge is -2.11. The molecular weight excluding hydrogens is 304 g/mol. The van der Waals surface area contributed by atoms with Gasteiger partial charge in [-0.25, -0.2) is 8.99 Å². The van der Waals surface area contributed by atoms with Crippen molar-refractivity contribution in [2.24, 2.45) is 0 Å². The van der Waals surface area contributed by atoms with Gasteiger partial charge in [0.1, 0.15) is 11.5 Å². The smallest absolute Gasteiger partial charge is 0.272 e. The Morgan fingerprint density at radius 2 is 1.86 bits per heavy atom. The van der Waals surface area contributed by atoms with Gasteiger partial charge in [0.2, 0.25) is 0 Å². The highest BCUT2D eigenvalue weighted by Gasteiger charge is 2.15. The fourth-order valence-corrected chi connectivity index (χ4v) is 2.67. The number of ether oxygens (including phenoxy) is 1. The van der Waals surface area contributed by atoms with Crippen LogP contribution >= 0.6 is 0 Å². The van der Waals surface area contributed by atoms with Crippen molar-refractivity contribution in [2.45, 2.75) is 18.7 Å². The number of hydrogen-bond donors (Lipinski definition) is 1. The molecule has 0 amide bonds. The van der Waals surface area contributed by atoms with Gasteiger partial charge in [-0.15, -0.1) is 0 Å². The van der Waals surface area contributed by atoms with E-state index >= 15 is 0 Å². The van der Waals surface area contributed by atoms with Crippen LogP contribution in [0.15, 0.2) is 41.3 Å². The summed E-state index contributed by atoms with van der Waals surface area (Å²) >= 11 is 0. The first-order valence-electron chi connectivity index (χ1n) is 6.46. The Balaban J connectivity index is 2.40. The quantitative estimate of drug-likeness (QED) is 0.679. The van der Waals surface area contributed by atoms with Crippen LogP contribution in [-0.4, -0.2) is 15.4 Å². The Bertz CT molecular complexity index is 845. The minimum Gasteiger partial charge on any atom is -0.457 e. The number of nitrogens with zero attached hydrogens (tertiary/aromatic N) is 1. The predicted octanol–water partition coefficient (Wildman–Crippen LogP) is 4.04. The van der Waals surface area contributed by atoms with E-state index in [0.29, 0.717) is 27.5 Å². The molecule has 2 rings (SSSR count). The van der Waals surface area contributed by atoms with Crippen molar-refractivity contribution >= 4 is 15.4 Å². The Morgan fingerprint density at radius 3 is 2.45 bits per heavy atom. The summed E-state index contributed by atoms with van der Waals surface area (Å²) in [4.78, 5) is 10.9. The lowest BCUT2D eigenvalue weighted by atomic mass is 10.1. The normalized spacial score (nSPS) is 13.4. The van der Waals surface area contributed by atoms with Crippen LogP contribution in [0.5, 0.6) is 11.5 Å². The lowest BCUT2D eigenvalue weighted by molar-refractivity contribution is -0.385. The molecule has 116 valence electrons. The van der Waals surface area contributed by atoms with Crippen molar-refractivity contribution in [1.82, 2.24) is 0 Å². The number of nitro benzene ring substituents is 1. The molecule has 0 aliphatic heterocycles. The van der Waals surface area contributed by atoms with Crippen molar-refractivity contribution in [3.63, 3.8) is 0 Å². The highest BCUT2D eigenvalue weighted by Crippen LogP contribution is 2.31. The average Bonchev–Trinajstić information content (AvgIpc) is 2.41. The van der Waals surface area contributed by atoms with Crippen molar-refractivity contribution in [3.8, 4) is 11.5 Å². The molecule has 2 aromatic carbocycles. The van der Waals surface area contributed by atoms with Gasteiger partial charge in [0.25, 0.3) is 5.69 Å². The molecule has 0 spiro atoms. The van der Waals surface area contributed by atoms with Gasteiger partial charge in [0.15, 0.2) is 0 Å². The van der Waals surface area contributed by atoms with Crippen molar-refractivity contribution in [3.05, 3.63) is 57.6 Å². The Labute approximate surface area is 128 Å². The zero-order valence-corrected chi connectivity index (χ0v) is 13.3. The third-order valence-electron chi connectivity index (χ3n) is 3.17. The Kier molecular flexibility index (Phi) is 4.18. The molecule has 0 aliphatic rings. The van der Waals surface area contributed by atoms with Gasteiger partial charge < -0.3 is 4.74 Å². The number of benzene rings is 2. The number of aryl methyl sites for hydroxylation is 2. The highest BCUT2D eigenvalue weighted by molar-refractivity contribution is 7.91. The first kappa shape index (κ1) is 16.0. The summed E-state index contributed by atoms with van der Waals surface area (Å²) < 4.78 is 25.1. The number of nitrogens with one attached hydrogen (secondary N) is 1. The Hall–Kier alpha value is -2.41. The molecule has 0 bridgehead atoms. The van der Waals surface area contributed by atoms with Gasteiger partial charge >= 0.3 is 0 Å². The number of rotatable bonds is 4. The van der Waals surface area contributed by atoms with E-state index in [1.807, 2.05) is 0 Å². The maximum Gasteiger partial charge on any atom is 0.272 e. The van der Waals surface area contributed by atoms with Gasteiger partial charge in [-0.1, -0.05) is 6.07 Å². The minimum atomic E-state index is -2.82. The van der Waals surface area contributed by atoms with E-state index in [2.05, 4.69) is 0 Å². The monoisotopic (exact) mass is 320 g/mol. The molecule has 0 aliphatic carbocycles. The standard InChI is InChI=1S/C15H16N2O4S/c1-10-8-15(11(2)7-14(10)17(18)19)21-12-5-4-6-13(9-12)22(3,16)20/h4-9,16H,1-3H3. The summed E-state index contributed by atoms with van der Waals surface area (Å²) in [5.74, 6) is 0.934. The first-order chi connectivity index (χ1) is 10.2. The SMILES string of the molecule is Cc1cc([N+](=O)[O-])c(C)cc1Oc1cccc(S(C)(=N)=O)c1. The largest absolute Gasteiger partial charge is 0.457 e. The predicted molar refractivity (Wildman–Crippen MR) is 84.1 cm³/mol. The summed E-state index contributed by atoms with van der Waals surface area (Å²) in [5.41, 5.74) is 1.17. The average molecular weight is 320 g/mol. The van der Waals surface area contributed by atoms with Crippen LogP contribution in [0.3, 0.4) is 0 Å². The molecule has 0 saturated carbocycles. The van der Waals surface area contributed by atoms with Crippen LogP contribution in [0.2, 0.25) is 0 Å². The molecule has 6 nitrogen and oxygen atoms in total. The van der Waals surface area contributed by atoms with E-state index in [1.165, 1.54) is 12.3 Å². The Morgan fingerprint density at radius 1 is 1.18 bits per heavy atom. The fourth-order valence-electron chi connectivity index (χ4n) is 1.99. The van der Waals surface area contributed by atoms with Crippen LogP contribution < -0.4 is 4.74 Å². The molecule has 2 aromatic rings. The van der Waals surface area contributed by atoms with Crippen molar-refractivity contribution in [2.75, 3.05) is 6.26 Å². The zero-order chi connectivity index (χ0) is 16.5. The van der Waals surface area contributed by atoms with Gasteiger partial charge in [0.05, 0.1) is 19.5 Å². The third-order valence-corrected chi connectivity index (χ3v) is 4.33. The molecule has 0 saturated heterocycles. The molecule has 0 radical (unpaired) electrons. The second kappa shape index (κ2) is 5.76. The molecule has 22 heavy (non-hydrogen) atoms. The molecule has 0 heterocycles. The molecule has 0 aromatic heterocycles. The van der Waals surface area contributed by atoms with Gasteiger partial charge in [-0.05, 0) is 43.7 Å². The topological polar surface area (TPSA) is 93.3 Å². The molecule has 0 fully saturated rings. The van der Waals surface area contributed by atoms with Crippen LogP contribution in [0.25, 0.3) is 0 Å². The summed E-state index contributed by atoms with van der Waals surface area (Å²) in [7, 11) is -2.82. The summed E-state index contributed by atoms with van der Waals surface area (Å²) in [5, 5.41) is 10.9. The van der Waals surface area contributed by atoms with E-state index in [9.17, 15) is 14.3 Å². The fraction of sp³-hybridized carbons (Fsp3) is 0.200. The van der Waals surface area contributed by atoms with Crippen LogP contribution in [0.1, 0.15) is 11.1 Å². The van der Waals surface area contributed by atoms with Crippen molar-refractivity contribution in [1.29, 1.82) is 4.78 Å². The highest BCUT2D eigenvalue weighted by atomic mass is 32.2. The first-order valence-corrected chi connectivity index (χ1v) is 8.42. The van der Waals surface area contributed by atoms with E-state index in [-0.39, 0.29) is 5.69 Å². The summed E-state index contributed by atoms with van der Waals surface area (Å²) in [6.45, 7) is 3.36. The van der Waals surface area contributed by atoms with Crippen molar-refractivity contribution < 1.29 is 13.9 Å². The van der Waals surface area contributed by atoms with Gasteiger partial charge in [0, 0.05) is 17.9 Å². The summed E-state index contributed by atoms with van der Waals surface area (Å²) in [6.07, 6.45) is 1.34. The second-order valence-corrected chi connectivity index (χ2v) is 7.24. The van der Waals surface area contributed by atoms with E-state index in [0.717, 1.165) is 0 Å². The minimum absolute atomic E-state index is 0.0429. The van der Waals surface area contributed by atoms with Crippen LogP contribution in [0.4, 0.5) is 5.69 Å². The third kappa shape index (κ3) is 3.43. The number of nitro groups is 1. The molecule has 1 N–H and O–H groups in total. The molecule has 1 atom stereocenters. The van der Waals surface area contributed by atoms with E-state index < -0.39 is 14.7 Å². The summed E-state index contributed by atoms with van der Waals surface area (Å²) in [6, 6.07) is 9.56. The lowest BCUT2D eigenvalue weighted by Crippen LogP contribution is -1.97. The molecule has 1 unspecified atom stereocenters. The zero-order valence-electron chi connectivity index (χ0n) is 12.5. The second-order valence-electron chi connectivity index (χ2n) is 5.08. The molecular formula is C15H16N2O4S. The number of hydrogen-bond acceptors (Lipinski definition) is 5. The van der Waals surface area contributed by atoms with Crippen LogP contribution in [0, 0.1) is 28.7 Å². The van der Waals surface area contributed by atoms with Gasteiger partial charge in [-0.2, -0.15) is 0 Å². The van der Waals surface area contributed by atoms with Crippen LogP contribution in [-0.2, 0) is 9.73 Å². The van der Waals surface area contributed by atoms with E-state index in [1.54, 1.807) is 44.2 Å².